The van der Waals surface area contributed by atoms with Crippen molar-refractivity contribution in [2.45, 2.75) is 31.3 Å². The second-order valence-electron chi connectivity index (χ2n) is 5.62. The molecule has 0 bridgehead atoms. The molecule has 1 aromatic carbocycles. The lowest BCUT2D eigenvalue weighted by molar-refractivity contribution is -0.117. The number of rotatable bonds is 8. The fourth-order valence-corrected chi connectivity index (χ4v) is 3.37. The first kappa shape index (κ1) is 19.1. The summed E-state index contributed by atoms with van der Waals surface area (Å²) >= 11 is 0. The maximum absolute atomic E-state index is 12.4. The number of benzene rings is 1. The molecule has 136 valence electrons. The van der Waals surface area contributed by atoms with Gasteiger partial charge in [-0.15, -0.1) is 0 Å². The Labute approximate surface area is 147 Å². The highest BCUT2D eigenvalue weighted by Crippen LogP contribution is 2.15. The Morgan fingerprint density at radius 2 is 2.04 bits per heavy atom. The van der Waals surface area contributed by atoms with Crippen molar-refractivity contribution in [1.29, 1.82) is 0 Å². The zero-order valence-corrected chi connectivity index (χ0v) is 15.3. The molecule has 0 radical (unpaired) electrons. The minimum absolute atomic E-state index is 0.0159. The Kier molecular flexibility index (Phi) is 6.29. The lowest BCUT2D eigenvalue weighted by Gasteiger charge is -2.16. The summed E-state index contributed by atoms with van der Waals surface area (Å²) in [7, 11) is -2.19. The number of hydrogen-bond donors (Lipinski definition) is 3. The molecule has 25 heavy (non-hydrogen) atoms. The topological polar surface area (TPSA) is 105 Å². The van der Waals surface area contributed by atoms with Crippen molar-refractivity contribution in [3.8, 4) is 0 Å². The Morgan fingerprint density at radius 3 is 2.68 bits per heavy atom. The number of hydrogen-bond acceptors (Lipinski definition) is 5. The molecule has 0 spiro atoms. The fourth-order valence-electron chi connectivity index (χ4n) is 2.19. The standard InChI is InChI=1S/C16H23N5O3S/c1-4-17-9-13-7-5-6-8-15(13)19-16(22)12(2)20-25(23,24)14-10-18-21(3)11-14/h5-8,10-12,17,20H,4,9H2,1-3H3,(H,19,22). The first-order chi connectivity index (χ1) is 11.8. The van der Waals surface area contributed by atoms with Gasteiger partial charge in [0.2, 0.25) is 15.9 Å². The van der Waals surface area contributed by atoms with E-state index >= 15 is 0 Å². The van der Waals surface area contributed by atoms with Gasteiger partial charge in [0.15, 0.2) is 0 Å². The molecule has 1 atom stereocenters. The maximum atomic E-state index is 12.4. The van der Waals surface area contributed by atoms with Crippen molar-refractivity contribution in [3.63, 3.8) is 0 Å². The average Bonchev–Trinajstić information content (AvgIpc) is 3.01. The second-order valence-corrected chi connectivity index (χ2v) is 7.33. The van der Waals surface area contributed by atoms with Crippen LogP contribution in [0.2, 0.25) is 0 Å². The van der Waals surface area contributed by atoms with Crippen LogP contribution in [0.1, 0.15) is 19.4 Å². The molecule has 1 unspecified atom stereocenters. The van der Waals surface area contributed by atoms with Crippen LogP contribution in [0, 0.1) is 0 Å². The molecule has 0 saturated heterocycles. The monoisotopic (exact) mass is 365 g/mol. The number of aryl methyl sites for hydroxylation is 1. The molecule has 9 heteroatoms. The van der Waals surface area contributed by atoms with Gasteiger partial charge in [0.05, 0.1) is 12.2 Å². The molecule has 0 aliphatic rings. The van der Waals surface area contributed by atoms with Gasteiger partial charge in [-0.25, -0.2) is 8.42 Å². The third-order valence-corrected chi connectivity index (χ3v) is 5.05. The van der Waals surface area contributed by atoms with Crippen LogP contribution in [0.15, 0.2) is 41.6 Å². The van der Waals surface area contributed by atoms with Crippen LogP contribution >= 0.6 is 0 Å². The zero-order chi connectivity index (χ0) is 18.4. The summed E-state index contributed by atoms with van der Waals surface area (Å²) in [6.07, 6.45) is 2.61. The molecule has 0 fully saturated rings. The Morgan fingerprint density at radius 1 is 1.32 bits per heavy atom. The van der Waals surface area contributed by atoms with Crippen LogP contribution in [-0.4, -0.2) is 36.7 Å². The zero-order valence-electron chi connectivity index (χ0n) is 14.5. The predicted octanol–water partition coefficient (Wildman–Crippen LogP) is 0.835. The van der Waals surface area contributed by atoms with Crippen LogP contribution in [0.5, 0.6) is 0 Å². The van der Waals surface area contributed by atoms with E-state index in [1.165, 1.54) is 24.0 Å². The summed E-state index contributed by atoms with van der Waals surface area (Å²) in [5.41, 5.74) is 1.58. The number of sulfonamides is 1. The molecule has 0 saturated carbocycles. The second kappa shape index (κ2) is 8.24. The number of para-hydroxylation sites is 1. The number of nitrogens with one attached hydrogen (secondary N) is 3. The summed E-state index contributed by atoms with van der Waals surface area (Å²) in [6.45, 7) is 4.92. The maximum Gasteiger partial charge on any atom is 0.244 e. The Balaban J connectivity index is 2.06. The Bertz CT molecular complexity index is 832. The molecular weight excluding hydrogens is 342 g/mol. The molecule has 1 aromatic heterocycles. The highest BCUT2D eigenvalue weighted by molar-refractivity contribution is 7.89. The number of anilines is 1. The Hall–Kier alpha value is -2.23. The van der Waals surface area contributed by atoms with Gasteiger partial charge < -0.3 is 10.6 Å². The normalized spacial score (nSPS) is 12.8. The summed E-state index contributed by atoms with van der Waals surface area (Å²) in [5, 5.41) is 9.80. The van der Waals surface area contributed by atoms with Gasteiger partial charge in [-0.1, -0.05) is 25.1 Å². The molecule has 0 aliphatic heterocycles. The van der Waals surface area contributed by atoms with Crippen molar-refractivity contribution in [2.75, 3.05) is 11.9 Å². The number of carbonyl (C=O) groups is 1. The summed E-state index contributed by atoms with van der Waals surface area (Å²) in [5.74, 6) is -0.434. The third kappa shape index (κ3) is 5.12. The third-order valence-electron chi connectivity index (χ3n) is 3.56. The van der Waals surface area contributed by atoms with E-state index in [0.29, 0.717) is 12.2 Å². The highest BCUT2D eigenvalue weighted by Gasteiger charge is 2.23. The quantitative estimate of drug-likeness (QED) is 0.643. The molecule has 2 aromatic rings. The van der Waals surface area contributed by atoms with E-state index in [1.54, 1.807) is 13.1 Å². The first-order valence-electron chi connectivity index (χ1n) is 7.94. The van der Waals surface area contributed by atoms with Gasteiger partial charge in [-0.05, 0) is 25.1 Å². The van der Waals surface area contributed by atoms with Gasteiger partial charge in [-0.2, -0.15) is 9.82 Å². The number of carbonyl (C=O) groups excluding carboxylic acids is 1. The summed E-state index contributed by atoms with van der Waals surface area (Å²) in [6, 6.07) is 6.46. The predicted molar refractivity (Wildman–Crippen MR) is 95.4 cm³/mol. The van der Waals surface area contributed by atoms with E-state index in [1.807, 2.05) is 25.1 Å². The van der Waals surface area contributed by atoms with Crippen LogP contribution in [-0.2, 0) is 28.4 Å². The van der Waals surface area contributed by atoms with Crippen molar-refractivity contribution in [2.24, 2.45) is 7.05 Å². The van der Waals surface area contributed by atoms with Crippen LogP contribution in [0.25, 0.3) is 0 Å². The van der Waals surface area contributed by atoms with Crippen molar-refractivity contribution in [1.82, 2.24) is 19.8 Å². The minimum Gasteiger partial charge on any atom is -0.324 e. The van der Waals surface area contributed by atoms with Crippen molar-refractivity contribution >= 4 is 21.6 Å². The van der Waals surface area contributed by atoms with Crippen LogP contribution in [0.4, 0.5) is 5.69 Å². The van der Waals surface area contributed by atoms with Crippen LogP contribution < -0.4 is 15.4 Å². The van der Waals surface area contributed by atoms with E-state index in [4.69, 9.17) is 0 Å². The molecule has 1 heterocycles. The van der Waals surface area contributed by atoms with E-state index < -0.39 is 22.0 Å². The van der Waals surface area contributed by atoms with E-state index in [0.717, 1.165) is 12.1 Å². The average molecular weight is 365 g/mol. The minimum atomic E-state index is -3.81. The molecule has 3 N–H and O–H groups in total. The van der Waals surface area contributed by atoms with Gasteiger partial charge in [0.25, 0.3) is 0 Å². The molecule has 0 aliphatic carbocycles. The molecular formula is C16H23N5O3S. The lowest BCUT2D eigenvalue weighted by Crippen LogP contribution is -2.41. The van der Waals surface area contributed by atoms with Gasteiger partial charge in [0.1, 0.15) is 4.90 Å². The summed E-state index contributed by atoms with van der Waals surface area (Å²) < 4.78 is 28.3. The van der Waals surface area contributed by atoms with Crippen molar-refractivity contribution < 1.29 is 13.2 Å². The molecule has 1 amide bonds. The molecule has 8 nitrogen and oxygen atoms in total. The van der Waals surface area contributed by atoms with Gasteiger partial charge in [0, 0.05) is 25.5 Å². The smallest absolute Gasteiger partial charge is 0.244 e. The van der Waals surface area contributed by atoms with Gasteiger partial charge in [-0.3, -0.25) is 9.48 Å². The number of aromatic nitrogens is 2. The number of nitrogens with zero attached hydrogens (tertiary/aromatic N) is 2. The van der Waals surface area contributed by atoms with Crippen molar-refractivity contribution in [3.05, 3.63) is 42.2 Å². The van der Waals surface area contributed by atoms with E-state index in [2.05, 4.69) is 20.5 Å². The lowest BCUT2D eigenvalue weighted by atomic mass is 10.1. The molecule has 2 rings (SSSR count). The largest absolute Gasteiger partial charge is 0.324 e. The highest BCUT2D eigenvalue weighted by atomic mass is 32.2. The van der Waals surface area contributed by atoms with Gasteiger partial charge >= 0.3 is 0 Å². The SMILES string of the molecule is CCNCc1ccccc1NC(=O)C(C)NS(=O)(=O)c1cnn(C)c1. The van der Waals surface area contributed by atoms with E-state index in [9.17, 15) is 13.2 Å². The summed E-state index contributed by atoms with van der Waals surface area (Å²) in [4.78, 5) is 12.4. The van der Waals surface area contributed by atoms with E-state index in [-0.39, 0.29) is 4.90 Å². The number of amides is 1. The first-order valence-corrected chi connectivity index (χ1v) is 9.42. The fraction of sp³-hybridized carbons (Fsp3) is 0.375. The van der Waals surface area contributed by atoms with Crippen LogP contribution in [0.3, 0.4) is 0 Å².